The summed E-state index contributed by atoms with van der Waals surface area (Å²) in [5.41, 5.74) is 5.56. The lowest BCUT2D eigenvalue weighted by atomic mass is 9.62. The number of carbonyl (C=O) groups excluding carboxylic acids is 1. The number of aromatic nitrogens is 2. The first-order valence-corrected chi connectivity index (χ1v) is 6.64. The van der Waals surface area contributed by atoms with Crippen LogP contribution in [-0.4, -0.2) is 33.4 Å². The van der Waals surface area contributed by atoms with Gasteiger partial charge < -0.3 is 15.2 Å². The number of carbonyl (C=O) groups is 1. The van der Waals surface area contributed by atoms with Crippen LogP contribution in [0.15, 0.2) is 12.4 Å². The van der Waals surface area contributed by atoms with Gasteiger partial charge in [0, 0.05) is 32.0 Å². The van der Waals surface area contributed by atoms with Gasteiger partial charge in [0.2, 0.25) is 5.91 Å². The van der Waals surface area contributed by atoms with Crippen LogP contribution in [0.2, 0.25) is 0 Å². The van der Waals surface area contributed by atoms with Crippen LogP contribution in [0.5, 0.6) is 0 Å². The molecule has 3 rings (SSSR count). The fourth-order valence-electron chi connectivity index (χ4n) is 3.39. The molecule has 18 heavy (non-hydrogen) atoms. The lowest BCUT2D eigenvalue weighted by Crippen LogP contribution is -2.55. The maximum absolute atomic E-state index is 12.6. The first-order valence-electron chi connectivity index (χ1n) is 6.64. The van der Waals surface area contributed by atoms with Crippen LogP contribution in [0.25, 0.3) is 0 Å². The van der Waals surface area contributed by atoms with Gasteiger partial charge in [0.1, 0.15) is 5.82 Å². The third-order valence-electron chi connectivity index (χ3n) is 4.35. The van der Waals surface area contributed by atoms with E-state index in [0.717, 1.165) is 31.8 Å². The molecule has 0 atom stereocenters. The fraction of sp³-hybridized carbons (Fsp3) is 0.692. The fourth-order valence-corrected chi connectivity index (χ4v) is 3.39. The zero-order valence-corrected chi connectivity index (χ0v) is 10.8. The molecule has 0 radical (unpaired) electrons. The summed E-state index contributed by atoms with van der Waals surface area (Å²) < 4.78 is 2.11. The SMILES string of the molecule is CC1CC(CN)(C(=O)N2CCn3ccnc3C2)C1. The van der Waals surface area contributed by atoms with Crippen LogP contribution in [0, 0.1) is 11.3 Å². The minimum absolute atomic E-state index is 0.234. The molecule has 0 bridgehead atoms. The molecule has 1 aliphatic heterocycles. The van der Waals surface area contributed by atoms with Gasteiger partial charge in [0.25, 0.3) is 0 Å². The van der Waals surface area contributed by atoms with Crippen molar-refractivity contribution in [2.45, 2.75) is 32.9 Å². The smallest absolute Gasteiger partial charge is 0.230 e. The molecule has 0 unspecified atom stereocenters. The Morgan fingerprint density at radius 1 is 1.56 bits per heavy atom. The Bertz CT molecular complexity index is 461. The Hall–Kier alpha value is -1.36. The number of fused-ring (bicyclic) bond motifs is 1. The van der Waals surface area contributed by atoms with E-state index in [1.807, 2.05) is 11.1 Å². The summed E-state index contributed by atoms with van der Waals surface area (Å²) >= 11 is 0. The maximum atomic E-state index is 12.6. The first kappa shape index (κ1) is 11.7. The minimum Gasteiger partial charge on any atom is -0.333 e. The minimum atomic E-state index is -0.284. The number of hydrogen-bond acceptors (Lipinski definition) is 3. The van der Waals surface area contributed by atoms with E-state index >= 15 is 0 Å². The monoisotopic (exact) mass is 248 g/mol. The number of nitrogens with zero attached hydrogens (tertiary/aromatic N) is 3. The normalized spacial score (nSPS) is 30.8. The van der Waals surface area contributed by atoms with Crippen molar-refractivity contribution in [1.82, 2.24) is 14.5 Å². The van der Waals surface area contributed by atoms with Gasteiger partial charge in [0.15, 0.2) is 0 Å². The molecule has 2 aliphatic rings. The summed E-state index contributed by atoms with van der Waals surface area (Å²) in [5, 5.41) is 0. The number of amides is 1. The van der Waals surface area contributed by atoms with Crippen molar-refractivity contribution in [3.8, 4) is 0 Å². The molecule has 1 fully saturated rings. The predicted molar refractivity (Wildman–Crippen MR) is 67.5 cm³/mol. The highest BCUT2D eigenvalue weighted by Gasteiger charge is 2.49. The second kappa shape index (κ2) is 4.09. The number of rotatable bonds is 2. The third kappa shape index (κ3) is 1.65. The summed E-state index contributed by atoms with van der Waals surface area (Å²) in [6.07, 6.45) is 5.65. The molecular weight excluding hydrogens is 228 g/mol. The molecule has 2 N–H and O–H groups in total. The van der Waals surface area contributed by atoms with Crippen molar-refractivity contribution in [2.75, 3.05) is 13.1 Å². The molecule has 5 heteroatoms. The van der Waals surface area contributed by atoms with E-state index in [-0.39, 0.29) is 11.3 Å². The van der Waals surface area contributed by atoms with Gasteiger partial charge >= 0.3 is 0 Å². The van der Waals surface area contributed by atoms with Gasteiger partial charge in [-0.05, 0) is 18.8 Å². The molecule has 0 aromatic carbocycles. The van der Waals surface area contributed by atoms with E-state index in [4.69, 9.17) is 5.73 Å². The molecule has 0 saturated heterocycles. The van der Waals surface area contributed by atoms with Crippen LogP contribution in [0.1, 0.15) is 25.6 Å². The van der Waals surface area contributed by atoms with E-state index in [9.17, 15) is 4.79 Å². The topological polar surface area (TPSA) is 64.2 Å². The van der Waals surface area contributed by atoms with Crippen molar-refractivity contribution in [3.05, 3.63) is 18.2 Å². The molecule has 1 aromatic heterocycles. The lowest BCUT2D eigenvalue weighted by Gasteiger charge is -2.47. The van der Waals surface area contributed by atoms with Crippen molar-refractivity contribution >= 4 is 5.91 Å². The zero-order valence-electron chi connectivity index (χ0n) is 10.8. The van der Waals surface area contributed by atoms with Gasteiger partial charge in [-0.1, -0.05) is 6.92 Å². The summed E-state index contributed by atoms with van der Waals surface area (Å²) in [6, 6.07) is 0. The average Bonchev–Trinajstić information content (AvgIpc) is 2.80. The maximum Gasteiger partial charge on any atom is 0.230 e. The molecule has 98 valence electrons. The van der Waals surface area contributed by atoms with Crippen LogP contribution in [0.3, 0.4) is 0 Å². The number of nitrogens with two attached hydrogens (primary N) is 1. The van der Waals surface area contributed by atoms with Crippen LogP contribution in [0.4, 0.5) is 0 Å². The third-order valence-corrected chi connectivity index (χ3v) is 4.35. The predicted octanol–water partition coefficient (Wildman–Crippen LogP) is 0.600. The molecule has 1 aromatic rings. The molecule has 1 saturated carbocycles. The first-order chi connectivity index (χ1) is 8.64. The van der Waals surface area contributed by atoms with E-state index < -0.39 is 0 Å². The number of imidazole rings is 1. The standard InChI is InChI=1S/C13H20N4O/c1-10-6-13(7-10,9-14)12(18)17-5-4-16-3-2-15-11(16)8-17/h2-3,10H,4-9,14H2,1H3. The molecule has 1 amide bonds. The van der Waals surface area contributed by atoms with Crippen molar-refractivity contribution in [2.24, 2.45) is 17.1 Å². The van der Waals surface area contributed by atoms with E-state index in [1.165, 1.54) is 0 Å². The van der Waals surface area contributed by atoms with E-state index in [0.29, 0.717) is 19.0 Å². The summed E-state index contributed by atoms with van der Waals surface area (Å²) in [4.78, 5) is 18.8. The highest BCUT2D eigenvalue weighted by Crippen LogP contribution is 2.46. The zero-order chi connectivity index (χ0) is 12.8. The second-order valence-corrected chi connectivity index (χ2v) is 5.76. The average molecular weight is 248 g/mol. The van der Waals surface area contributed by atoms with Crippen LogP contribution < -0.4 is 5.73 Å². The Balaban J connectivity index is 1.75. The molecule has 1 aliphatic carbocycles. The summed E-state index contributed by atoms with van der Waals surface area (Å²) in [7, 11) is 0. The highest BCUT2D eigenvalue weighted by molar-refractivity contribution is 5.84. The van der Waals surface area contributed by atoms with Gasteiger partial charge in [-0.15, -0.1) is 0 Å². The Morgan fingerprint density at radius 2 is 2.33 bits per heavy atom. The molecular formula is C13H20N4O. The van der Waals surface area contributed by atoms with Gasteiger partial charge in [-0.3, -0.25) is 4.79 Å². The Kier molecular flexibility index (Phi) is 2.66. The quantitative estimate of drug-likeness (QED) is 0.833. The van der Waals surface area contributed by atoms with E-state index in [2.05, 4.69) is 16.5 Å². The largest absolute Gasteiger partial charge is 0.333 e. The van der Waals surface area contributed by atoms with Gasteiger partial charge in [-0.2, -0.15) is 0 Å². The Morgan fingerprint density at radius 3 is 3.00 bits per heavy atom. The van der Waals surface area contributed by atoms with Crippen molar-refractivity contribution < 1.29 is 4.79 Å². The molecule has 0 spiro atoms. The Labute approximate surface area is 107 Å². The van der Waals surface area contributed by atoms with Gasteiger partial charge in [-0.25, -0.2) is 4.98 Å². The molecule has 5 nitrogen and oxygen atoms in total. The van der Waals surface area contributed by atoms with Crippen molar-refractivity contribution in [1.29, 1.82) is 0 Å². The highest BCUT2D eigenvalue weighted by atomic mass is 16.2. The van der Waals surface area contributed by atoms with Gasteiger partial charge in [0.05, 0.1) is 12.0 Å². The lowest BCUT2D eigenvalue weighted by molar-refractivity contribution is -0.151. The summed E-state index contributed by atoms with van der Waals surface area (Å²) in [6.45, 7) is 4.91. The van der Waals surface area contributed by atoms with Crippen LogP contribution in [-0.2, 0) is 17.9 Å². The van der Waals surface area contributed by atoms with E-state index in [1.54, 1.807) is 6.20 Å². The van der Waals surface area contributed by atoms with Crippen LogP contribution >= 0.6 is 0 Å². The van der Waals surface area contributed by atoms with Crippen molar-refractivity contribution in [3.63, 3.8) is 0 Å². The summed E-state index contributed by atoms with van der Waals surface area (Å²) in [5.74, 6) is 1.84. The number of hydrogen-bond donors (Lipinski definition) is 1. The molecule has 2 heterocycles. The second-order valence-electron chi connectivity index (χ2n) is 5.76.